The summed E-state index contributed by atoms with van der Waals surface area (Å²) in [5.74, 6) is 1.84. The molecule has 1 heterocycles. The van der Waals surface area contributed by atoms with E-state index in [1.165, 1.54) is 58.2 Å². The quantitative estimate of drug-likeness (QED) is 0.669. The molecule has 1 saturated heterocycles. The number of hydrogen-bond donors (Lipinski definition) is 0. The van der Waals surface area contributed by atoms with Crippen LogP contribution in [0.2, 0.25) is 0 Å². The Morgan fingerprint density at radius 2 is 1.89 bits per heavy atom. The minimum atomic E-state index is 0.758. The summed E-state index contributed by atoms with van der Waals surface area (Å²) >= 11 is 0. The predicted octanol–water partition coefficient (Wildman–Crippen LogP) is 4.96. The Balaban J connectivity index is 0.000000771. The molecule has 0 bridgehead atoms. The molecular formula is C17H35N. The molecule has 0 aromatic rings. The van der Waals surface area contributed by atoms with Gasteiger partial charge in [-0.05, 0) is 55.9 Å². The molecule has 0 amide bonds. The monoisotopic (exact) mass is 253 g/mol. The van der Waals surface area contributed by atoms with E-state index in [9.17, 15) is 0 Å². The van der Waals surface area contributed by atoms with E-state index in [0.717, 1.165) is 17.3 Å². The molecule has 2 fully saturated rings. The largest absolute Gasteiger partial charge is 0.303 e. The fourth-order valence-corrected chi connectivity index (χ4v) is 3.45. The van der Waals surface area contributed by atoms with Crippen molar-refractivity contribution in [1.82, 2.24) is 4.90 Å². The van der Waals surface area contributed by atoms with Gasteiger partial charge >= 0.3 is 0 Å². The average Bonchev–Trinajstić information content (AvgIpc) is 3.12. The average molecular weight is 253 g/mol. The van der Waals surface area contributed by atoms with E-state index in [1.807, 2.05) is 13.8 Å². The van der Waals surface area contributed by atoms with Crippen molar-refractivity contribution in [3.05, 3.63) is 0 Å². The Kier molecular flexibility index (Phi) is 6.70. The molecule has 1 aliphatic carbocycles. The van der Waals surface area contributed by atoms with Gasteiger partial charge in [0.2, 0.25) is 0 Å². The second-order valence-electron chi connectivity index (χ2n) is 6.63. The zero-order chi connectivity index (χ0) is 13.6. The maximum atomic E-state index is 2.77. The lowest BCUT2D eigenvalue weighted by Crippen LogP contribution is -2.40. The molecular weight excluding hydrogens is 218 g/mol. The van der Waals surface area contributed by atoms with E-state index in [0.29, 0.717) is 0 Å². The first-order chi connectivity index (χ1) is 8.65. The highest BCUT2D eigenvalue weighted by atomic mass is 15.1. The number of rotatable bonds is 5. The van der Waals surface area contributed by atoms with Crippen LogP contribution in [0.3, 0.4) is 0 Å². The van der Waals surface area contributed by atoms with Gasteiger partial charge in [-0.1, -0.05) is 41.0 Å². The third kappa shape index (κ3) is 4.57. The smallest absolute Gasteiger partial charge is 0.00381 e. The molecule has 1 aliphatic heterocycles. The van der Waals surface area contributed by atoms with Crippen molar-refractivity contribution < 1.29 is 0 Å². The van der Waals surface area contributed by atoms with E-state index in [2.05, 4.69) is 25.7 Å². The van der Waals surface area contributed by atoms with Crippen molar-refractivity contribution in [3.8, 4) is 0 Å². The van der Waals surface area contributed by atoms with Gasteiger partial charge in [0.05, 0.1) is 0 Å². The second-order valence-corrected chi connectivity index (χ2v) is 6.63. The Labute approximate surface area is 115 Å². The fraction of sp³-hybridized carbons (Fsp3) is 1.00. The van der Waals surface area contributed by atoms with E-state index >= 15 is 0 Å². The molecule has 0 spiro atoms. The molecule has 18 heavy (non-hydrogen) atoms. The van der Waals surface area contributed by atoms with Gasteiger partial charge in [-0.2, -0.15) is 0 Å². The van der Waals surface area contributed by atoms with Crippen molar-refractivity contribution in [2.24, 2.45) is 17.3 Å². The van der Waals surface area contributed by atoms with Crippen LogP contribution in [-0.2, 0) is 0 Å². The molecule has 0 aromatic carbocycles. The van der Waals surface area contributed by atoms with Crippen molar-refractivity contribution in [2.75, 3.05) is 19.6 Å². The predicted molar refractivity (Wildman–Crippen MR) is 81.9 cm³/mol. The van der Waals surface area contributed by atoms with Gasteiger partial charge in [-0.3, -0.25) is 0 Å². The molecule has 1 saturated carbocycles. The van der Waals surface area contributed by atoms with Crippen LogP contribution in [0.5, 0.6) is 0 Å². The third-order valence-electron chi connectivity index (χ3n) is 4.78. The molecule has 1 heteroatoms. The van der Waals surface area contributed by atoms with E-state index in [1.54, 1.807) is 0 Å². The third-order valence-corrected chi connectivity index (χ3v) is 4.78. The first-order valence-corrected chi connectivity index (χ1v) is 8.37. The topological polar surface area (TPSA) is 3.24 Å². The van der Waals surface area contributed by atoms with Crippen molar-refractivity contribution in [2.45, 2.75) is 73.1 Å². The molecule has 0 aromatic heterocycles. The summed E-state index contributed by atoms with van der Waals surface area (Å²) in [6.07, 6.45) is 8.75. The van der Waals surface area contributed by atoms with Crippen LogP contribution in [-0.4, -0.2) is 24.5 Å². The van der Waals surface area contributed by atoms with Gasteiger partial charge in [-0.15, -0.1) is 0 Å². The number of likely N-dealkylation sites (tertiary alicyclic amines) is 1. The van der Waals surface area contributed by atoms with Gasteiger partial charge in [0.1, 0.15) is 0 Å². The summed E-state index contributed by atoms with van der Waals surface area (Å²) in [7, 11) is 0. The first kappa shape index (κ1) is 16.0. The molecule has 1 atom stereocenters. The van der Waals surface area contributed by atoms with Crippen molar-refractivity contribution in [3.63, 3.8) is 0 Å². The highest BCUT2D eigenvalue weighted by molar-refractivity contribution is 4.95. The van der Waals surface area contributed by atoms with E-state index in [4.69, 9.17) is 0 Å². The Hall–Kier alpha value is -0.0400. The summed E-state index contributed by atoms with van der Waals surface area (Å²) < 4.78 is 0. The van der Waals surface area contributed by atoms with Crippen molar-refractivity contribution >= 4 is 0 Å². The standard InChI is InChI=1S/C15H29N.C2H6/c1-4-7-15(8-9-15)12-16-10-5-6-14(11-16)13(2)3;1-2/h13-14H,4-12H2,1-3H3;1-2H3. The van der Waals surface area contributed by atoms with Crippen LogP contribution in [0.25, 0.3) is 0 Å². The zero-order valence-electron chi connectivity index (χ0n) is 13.5. The van der Waals surface area contributed by atoms with Crippen molar-refractivity contribution in [1.29, 1.82) is 0 Å². The molecule has 1 nitrogen and oxygen atoms in total. The Morgan fingerprint density at radius 3 is 2.39 bits per heavy atom. The van der Waals surface area contributed by atoms with Crippen LogP contribution in [0, 0.1) is 17.3 Å². The number of piperidine rings is 1. The number of nitrogens with zero attached hydrogens (tertiary/aromatic N) is 1. The van der Waals surface area contributed by atoms with Gasteiger partial charge in [0.25, 0.3) is 0 Å². The van der Waals surface area contributed by atoms with Crippen LogP contribution < -0.4 is 0 Å². The van der Waals surface area contributed by atoms with E-state index in [-0.39, 0.29) is 0 Å². The van der Waals surface area contributed by atoms with Gasteiger partial charge in [0, 0.05) is 13.1 Å². The molecule has 1 unspecified atom stereocenters. The normalized spacial score (nSPS) is 26.7. The lowest BCUT2D eigenvalue weighted by atomic mass is 9.87. The van der Waals surface area contributed by atoms with Gasteiger partial charge < -0.3 is 4.90 Å². The lowest BCUT2D eigenvalue weighted by molar-refractivity contribution is 0.119. The maximum Gasteiger partial charge on any atom is 0.00381 e. The minimum Gasteiger partial charge on any atom is -0.303 e. The second kappa shape index (κ2) is 7.53. The first-order valence-electron chi connectivity index (χ1n) is 8.37. The molecule has 0 radical (unpaired) electrons. The van der Waals surface area contributed by atoms with Crippen LogP contribution in [0.1, 0.15) is 73.1 Å². The highest BCUT2D eigenvalue weighted by Gasteiger charge is 2.43. The number of hydrogen-bond acceptors (Lipinski definition) is 1. The molecule has 2 aliphatic rings. The minimum absolute atomic E-state index is 0.758. The SMILES string of the molecule is CC.CCCC1(CN2CCCC(C(C)C)C2)CC1. The summed E-state index contributed by atoms with van der Waals surface area (Å²) in [6, 6.07) is 0. The van der Waals surface area contributed by atoms with Gasteiger partial charge in [0.15, 0.2) is 0 Å². The Morgan fingerprint density at radius 1 is 1.22 bits per heavy atom. The van der Waals surface area contributed by atoms with Crippen LogP contribution in [0.4, 0.5) is 0 Å². The lowest BCUT2D eigenvalue weighted by Gasteiger charge is -2.37. The summed E-state index contributed by atoms with van der Waals surface area (Å²) in [6.45, 7) is 15.3. The highest BCUT2D eigenvalue weighted by Crippen LogP contribution is 2.50. The molecule has 0 N–H and O–H groups in total. The molecule has 108 valence electrons. The fourth-order valence-electron chi connectivity index (χ4n) is 3.45. The maximum absolute atomic E-state index is 2.77. The zero-order valence-corrected chi connectivity index (χ0v) is 13.5. The van der Waals surface area contributed by atoms with E-state index < -0.39 is 0 Å². The summed E-state index contributed by atoms with van der Waals surface area (Å²) in [5.41, 5.74) is 0.758. The Bertz CT molecular complexity index is 218. The summed E-state index contributed by atoms with van der Waals surface area (Å²) in [5, 5.41) is 0. The molecule has 2 rings (SSSR count). The van der Waals surface area contributed by atoms with Crippen LogP contribution in [0.15, 0.2) is 0 Å². The van der Waals surface area contributed by atoms with Gasteiger partial charge in [-0.25, -0.2) is 0 Å². The summed E-state index contributed by atoms with van der Waals surface area (Å²) in [4.78, 5) is 2.77. The van der Waals surface area contributed by atoms with Crippen LogP contribution >= 0.6 is 0 Å².